The summed E-state index contributed by atoms with van der Waals surface area (Å²) < 4.78 is 0. The van der Waals surface area contributed by atoms with Gasteiger partial charge in [-0.05, 0) is 25.0 Å². The van der Waals surface area contributed by atoms with Crippen LogP contribution in [-0.4, -0.2) is 23.3 Å². The Bertz CT molecular complexity index is 247. The van der Waals surface area contributed by atoms with Crippen LogP contribution < -0.4 is 5.32 Å². The largest absolute Gasteiger partial charge is 0.313 e. The maximum atomic E-state index is 4.00. The van der Waals surface area contributed by atoms with E-state index in [2.05, 4.69) is 36.3 Å². The van der Waals surface area contributed by atoms with Crippen molar-refractivity contribution in [1.82, 2.24) is 10.3 Å². The number of hydrogen-bond acceptors (Lipinski definition) is 3. The summed E-state index contributed by atoms with van der Waals surface area (Å²) in [6, 6.07) is 4.80. The van der Waals surface area contributed by atoms with Crippen LogP contribution in [0.3, 0.4) is 0 Å². The van der Waals surface area contributed by atoms with Crippen molar-refractivity contribution in [3.8, 4) is 0 Å². The number of nitrogens with zero attached hydrogens (tertiary/aromatic N) is 1. The predicted molar refractivity (Wildman–Crippen MR) is 67.3 cm³/mol. The van der Waals surface area contributed by atoms with E-state index in [-0.39, 0.29) is 0 Å². The minimum absolute atomic E-state index is 0.683. The second kappa shape index (κ2) is 7.71. The third-order valence-electron chi connectivity index (χ3n) is 2.44. The highest BCUT2D eigenvalue weighted by atomic mass is 32.2. The molecule has 3 heteroatoms. The van der Waals surface area contributed by atoms with Gasteiger partial charge in [-0.15, -0.1) is 11.8 Å². The molecule has 84 valence electrons. The van der Waals surface area contributed by atoms with Crippen LogP contribution in [0, 0.1) is 0 Å². The molecule has 0 aliphatic heterocycles. The molecule has 0 bridgehead atoms. The molecule has 1 heterocycles. The van der Waals surface area contributed by atoms with Crippen molar-refractivity contribution in [2.24, 2.45) is 0 Å². The minimum atomic E-state index is 0.683. The molecule has 0 saturated heterocycles. The van der Waals surface area contributed by atoms with Crippen LogP contribution in [0.5, 0.6) is 0 Å². The summed E-state index contributed by atoms with van der Waals surface area (Å²) in [5.74, 6) is 1.13. The molecule has 0 saturated carbocycles. The van der Waals surface area contributed by atoms with E-state index in [9.17, 15) is 0 Å². The molecule has 1 aromatic heterocycles. The smallest absolute Gasteiger partial charge is 0.0278 e. The number of nitrogens with one attached hydrogen (secondary N) is 1. The number of hydrogen-bond donors (Lipinski definition) is 1. The average Bonchev–Trinajstić information content (AvgIpc) is 2.31. The van der Waals surface area contributed by atoms with E-state index < -0.39 is 0 Å². The summed E-state index contributed by atoms with van der Waals surface area (Å²) in [6.07, 6.45) is 6.13. The molecule has 1 aromatic rings. The van der Waals surface area contributed by atoms with Gasteiger partial charge in [-0.3, -0.25) is 4.98 Å². The predicted octanol–water partition coefficient (Wildman–Crippen LogP) is 2.95. The van der Waals surface area contributed by atoms with Crippen LogP contribution >= 0.6 is 11.8 Å². The Morgan fingerprint density at radius 1 is 1.27 bits per heavy atom. The Kier molecular flexibility index (Phi) is 6.44. The minimum Gasteiger partial charge on any atom is -0.313 e. The zero-order valence-electron chi connectivity index (χ0n) is 9.57. The molecule has 0 radical (unpaired) electrons. The van der Waals surface area contributed by atoms with Crippen LogP contribution in [-0.2, 0) is 0 Å². The Morgan fingerprint density at radius 3 is 2.53 bits per heavy atom. The molecule has 0 aliphatic rings. The molecular formula is C12H20N2S. The highest BCUT2D eigenvalue weighted by Gasteiger charge is 2.00. The van der Waals surface area contributed by atoms with Crippen molar-refractivity contribution < 1.29 is 0 Å². The van der Waals surface area contributed by atoms with Crippen molar-refractivity contribution >= 4 is 11.8 Å². The SMILES string of the molecule is CCC(CC)NCCSc1ccncc1. The molecule has 0 aromatic carbocycles. The van der Waals surface area contributed by atoms with Crippen LogP contribution in [0.1, 0.15) is 26.7 Å². The standard InChI is InChI=1S/C12H20N2S/c1-3-11(4-2)14-9-10-15-12-5-7-13-8-6-12/h5-8,11,14H,3-4,9-10H2,1-2H3. The fraction of sp³-hybridized carbons (Fsp3) is 0.583. The molecule has 0 aliphatic carbocycles. The first-order valence-corrected chi connectivity index (χ1v) is 6.61. The third kappa shape index (κ3) is 5.19. The van der Waals surface area contributed by atoms with E-state index in [0.717, 1.165) is 12.3 Å². The van der Waals surface area contributed by atoms with Gasteiger partial charge in [-0.25, -0.2) is 0 Å². The van der Waals surface area contributed by atoms with Gasteiger partial charge in [0, 0.05) is 35.6 Å². The first-order valence-electron chi connectivity index (χ1n) is 5.63. The van der Waals surface area contributed by atoms with Gasteiger partial charge < -0.3 is 5.32 Å². The zero-order chi connectivity index (χ0) is 10.9. The van der Waals surface area contributed by atoms with Crippen molar-refractivity contribution in [3.05, 3.63) is 24.5 Å². The van der Waals surface area contributed by atoms with Crippen molar-refractivity contribution in [2.75, 3.05) is 12.3 Å². The Balaban J connectivity index is 2.12. The van der Waals surface area contributed by atoms with E-state index in [0.29, 0.717) is 6.04 Å². The number of pyridine rings is 1. The van der Waals surface area contributed by atoms with Gasteiger partial charge >= 0.3 is 0 Å². The topological polar surface area (TPSA) is 24.9 Å². The van der Waals surface area contributed by atoms with E-state index in [4.69, 9.17) is 0 Å². The molecular weight excluding hydrogens is 204 g/mol. The van der Waals surface area contributed by atoms with Gasteiger partial charge in [0.25, 0.3) is 0 Å². The van der Waals surface area contributed by atoms with Crippen molar-refractivity contribution in [1.29, 1.82) is 0 Å². The second-order valence-corrected chi connectivity index (χ2v) is 4.67. The van der Waals surface area contributed by atoms with E-state index >= 15 is 0 Å². The fourth-order valence-electron chi connectivity index (χ4n) is 1.44. The van der Waals surface area contributed by atoms with E-state index in [1.54, 1.807) is 0 Å². The molecule has 15 heavy (non-hydrogen) atoms. The highest BCUT2D eigenvalue weighted by Crippen LogP contribution is 2.15. The molecule has 0 amide bonds. The summed E-state index contributed by atoms with van der Waals surface area (Å²) in [6.45, 7) is 5.55. The normalized spacial score (nSPS) is 10.9. The lowest BCUT2D eigenvalue weighted by Crippen LogP contribution is -2.29. The summed E-state index contributed by atoms with van der Waals surface area (Å²) in [4.78, 5) is 5.30. The van der Waals surface area contributed by atoms with Gasteiger partial charge in [0.2, 0.25) is 0 Å². The molecule has 1 rings (SSSR count). The molecule has 1 N–H and O–H groups in total. The maximum absolute atomic E-state index is 4.00. The third-order valence-corrected chi connectivity index (χ3v) is 3.45. The number of aromatic nitrogens is 1. The second-order valence-electron chi connectivity index (χ2n) is 3.50. The van der Waals surface area contributed by atoms with E-state index in [1.165, 1.54) is 17.7 Å². The van der Waals surface area contributed by atoms with Gasteiger partial charge in [0.1, 0.15) is 0 Å². The molecule has 0 spiro atoms. The lowest BCUT2D eigenvalue weighted by atomic mass is 10.2. The van der Waals surface area contributed by atoms with E-state index in [1.807, 2.05) is 24.2 Å². The van der Waals surface area contributed by atoms with Crippen molar-refractivity contribution in [3.63, 3.8) is 0 Å². The van der Waals surface area contributed by atoms with Gasteiger partial charge in [-0.2, -0.15) is 0 Å². The fourth-order valence-corrected chi connectivity index (χ4v) is 2.21. The number of rotatable bonds is 7. The Morgan fingerprint density at radius 2 is 1.93 bits per heavy atom. The van der Waals surface area contributed by atoms with Crippen LogP contribution in [0.25, 0.3) is 0 Å². The maximum Gasteiger partial charge on any atom is 0.0278 e. The summed E-state index contributed by atoms with van der Waals surface area (Å²) >= 11 is 1.88. The number of thioether (sulfide) groups is 1. The molecule has 2 nitrogen and oxygen atoms in total. The molecule has 0 unspecified atom stereocenters. The Labute approximate surface area is 96.9 Å². The summed E-state index contributed by atoms with van der Waals surface area (Å²) in [5, 5.41) is 3.55. The van der Waals surface area contributed by atoms with Gasteiger partial charge in [0.05, 0.1) is 0 Å². The quantitative estimate of drug-likeness (QED) is 0.569. The van der Waals surface area contributed by atoms with Crippen LogP contribution in [0.4, 0.5) is 0 Å². The van der Waals surface area contributed by atoms with Crippen LogP contribution in [0.2, 0.25) is 0 Å². The summed E-state index contributed by atoms with van der Waals surface area (Å²) in [5.41, 5.74) is 0. The van der Waals surface area contributed by atoms with Crippen LogP contribution in [0.15, 0.2) is 29.4 Å². The van der Waals surface area contributed by atoms with Gasteiger partial charge in [-0.1, -0.05) is 13.8 Å². The van der Waals surface area contributed by atoms with Gasteiger partial charge in [0.15, 0.2) is 0 Å². The molecule has 0 atom stereocenters. The lowest BCUT2D eigenvalue weighted by Gasteiger charge is -2.13. The Hall–Kier alpha value is -0.540. The average molecular weight is 224 g/mol. The highest BCUT2D eigenvalue weighted by molar-refractivity contribution is 7.99. The monoisotopic (exact) mass is 224 g/mol. The lowest BCUT2D eigenvalue weighted by molar-refractivity contribution is 0.501. The summed E-state index contributed by atoms with van der Waals surface area (Å²) in [7, 11) is 0. The zero-order valence-corrected chi connectivity index (χ0v) is 10.4. The molecule has 0 fully saturated rings. The first kappa shape index (κ1) is 12.5. The van der Waals surface area contributed by atoms with Crippen molar-refractivity contribution in [2.45, 2.75) is 37.6 Å². The first-order chi connectivity index (χ1) is 7.36.